The van der Waals surface area contributed by atoms with Crippen molar-refractivity contribution in [3.05, 3.63) is 46.2 Å². The fourth-order valence-corrected chi connectivity index (χ4v) is 1.10. The summed E-state index contributed by atoms with van der Waals surface area (Å²) < 4.78 is 0.609. The first-order valence-electron chi connectivity index (χ1n) is 3.47. The third-order valence-corrected chi connectivity index (χ3v) is 1.67. The summed E-state index contributed by atoms with van der Waals surface area (Å²) in [6.07, 6.45) is 4.16. The average Bonchev–Trinajstić information content (AvgIpc) is 2.07. The first-order valence-corrected chi connectivity index (χ1v) is 3.47. The molecule has 0 fully saturated rings. The largest absolute Gasteiger partial charge is 0.619 e. The van der Waals surface area contributed by atoms with Crippen LogP contribution >= 0.6 is 0 Å². The number of aromatic nitrogens is 2. The molecule has 0 aromatic carbocycles. The van der Waals surface area contributed by atoms with E-state index in [1.54, 1.807) is 12.3 Å². The van der Waals surface area contributed by atoms with Crippen LogP contribution in [0.1, 0.15) is 0 Å². The molecule has 2 aromatic rings. The summed E-state index contributed by atoms with van der Waals surface area (Å²) in [6, 6.07) is 2.96. The van der Waals surface area contributed by atoms with Crippen molar-refractivity contribution in [3.8, 4) is 0 Å². The lowest BCUT2D eigenvalue weighted by Gasteiger charge is -1.96. The zero-order chi connectivity index (χ0) is 8.55. The van der Waals surface area contributed by atoms with Gasteiger partial charge < -0.3 is 10.2 Å². The second-order valence-electron chi connectivity index (χ2n) is 2.47. The van der Waals surface area contributed by atoms with Crippen LogP contribution in [0.5, 0.6) is 0 Å². The highest BCUT2D eigenvalue weighted by Gasteiger charge is 2.00. The predicted octanol–water partition coefficient (Wildman–Crippen LogP) is 0.162. The van der Waals surface area contributed by atoms with Gasteiger partial charge in [0.25, 0.3) is 0 Å². The number of nitrogens with one attached hydrogen (secondary N) is 1. The lowest BCUT2D eigenvalue weighted by molar-refractivity contribution is -0.603. The van der Waals surface area contributed by atoms with Gasteiger partial charge in [-0.05, 0) is 0 Å². The molecule has 0 atom stereocenters. The van der Waals surface area contributed by atoms with Crippen molar-refractivity contribution < 1.29 is 4.73 Å². The molecule has 0 radical (unpaired) electrons. The summed E-state index contributed by atoms with van der Waals surface area (Å²) in [4.78, 5) is 14.0. The molecule has 60 valence electrons. The second kappa shape index (κ2) is 2.34. The number of fused-ring (bicyclic) bond motifs is 1. The van der Waals surface area contributed by atoms with Gasteiger partial charge in [0.15, 0.2) is 17.8 Å². The topological polar surface area (TPSA) is 59.8 Å². The molecule has 2 rings (SSSR count). The normalized spacial score (nSPS) is 10.3. The van der Waals surface area contributed by atoms with E-state index in [1.807, 2.05) is 0 Å². The molecule has 0 aliphatic heterocycles. The van der Waals surface area contributed by atoms with Crippen LogP contribution in [-0.2, 0) is 0 Å². The molecule has 0 saturated heterocycles. The molecule has 2 aromatic heterocycles. The highest BCUT2D eigenvalue weighted by Crippen LogP contribution is 2.00. The van der Waals surface area contributed by atoms with E-state index in [4.69, 9.17) is 0 Å². The van der Waals surface area contributed by atoms with E-state index >= 15 is 0 Å². The zero-order valence-corrected chi connectivity index (χ0v) is 6.15. The van der Waals surface area contributed by atoms with Crippen LogP contribution < -0.4 is 10.2 Å². The zero-order valence-electron chi connectivity index (χ0n) is 6.15. The Balaban J connectivity index is 2.98. The molecule has 0 amide bonds. The third kappa shape index (κ3) is 0.934. The minimum atomic E-state index is -0.144. The van der Waals surface area contributed by atoms with Gasteiger partial charge >= 0.3 is 0 Å². The molecule has 4 heteroatoms. The van der Waals surface area contributed by atoms with Crippen molar-refractivity contribution in [2.75, 3.05) is 0 Å². The Hall–Kier alpha value is -1.84. The Labute approximate surface area is 67.7 Å². The summed E-state index contributed by atoms with van der Waals surface area (Å²) in [6.45, 7) is 0. The number of pyridine rings is 2. The minimum Gasteiger partial charge on any atom is -0.619 e. The molecular weight excluding hydrogens is 156 g/mol. The SMILES string of the molecule is O=c1cc[nH]c2cc[n+]([O-])cc12. The van der Waals surface area contributed by atoms with Crippen LogP contribution in [0.15, 0.2) is 35.5 Å². The van der Waals surface area contributed by atoms with Gasteiger partial charge in [0.05, 0.1) is 5.52 Å². The van der Waals surface area contributed by atoms with Crippen LogP contribution in [0, 0.1) is 5.21 Å². The summed E-state index contributed by atoms with van der Waals surface area (Å²) >= 11 is 0. The maximum absolute atomic E-state index is 11.2. The Bertz CT molecular complexity index is 476. The van der Waals surface area contributed by atoms with E-state index in [9.17, 15) is 10.0 Å². The third-order valence-electron chi connectivity index (χ3n) is 1.67. The van der Waals surface area contributed by atoms with Crippen LogP contribution in [-0.4, -0.2) is 4.98 Å². The number of hydrogen-bond donors (Lipinski definition) is 1. The van der Waals surface area contributed by atoms with Crippen molar-refractivity contribution >= 4 is 10.9 Å². The smallest absolute Gasteiger partial charge is 0.195 e. The molecule has 4 nitrogen and oxygen atoms in total. The van der Waals surface area contributed by atoms with Crippen molar-refractivity contribution in [2.24, 2.45) is 0 Å². The Morgan fingerprint density at radius 1 is 1.42 bits per heavy atom. The maximum atomic E-state index is 11.2. The monoisotopic (exact) mass is 162 g/mol. The van der Waals surface area contributed by atoms with E-state index in [2.05, 4.69) is 4.98 Å². The van der Waals surface area contributed by atoms with E-state index in [0.29, 0.717) is 15.6 Å². The molecule has 0 aliphatic rings. The van der Waals surface area contributed by atoms with Gasteiger partial charge in [-0.2, -0.15) is 4.73 Å². The molecule has 0 bridgehead atoms. The molecule has 0 spiro atoms. The molecule has 2 heterocycles. The molecule has 0 saturated carbocycles. The predicted molar refractivity (Wildman–Crippen MR) is 43.5 cm³/mol. The van der Waals surface area contributed by atoms with E-state index < -0.39 is 0 Å². The van der Waals surface area contributed by atoms with E-state index in [-0.39, 0.29) is 5.43 Å². The summed E-state index contributed by atoms with van der Waals surface area (Å²) in [5, 5.41) is 11.2. The Morgan fingerprint density at radius 2 is 2.25 bits per heavy atom. The fraction of sp³-hybridized carbons (Fsp3) is 0. The second-order valence-corrected chi connectivity index (χ2v) is 2.47. The molecule has 0 unspecified atom stereocenters. The number of aromatic amines is 1. The first kappa shape index (κ1) is 6.84. The van der Waals surface area contributed by atoms with E-state index in [1.165, 1.54) is 18.5 Å². The molecule has 12 heavy (non-hydrogen) atoms. The summed E-state index contributed by atoms with van der Waals surface area (Å²) in [7, 11) is 0. The van der Waals surface area contributed by atoms with Crippen molar-refractivity contribution in [3.63, 3.8) is 0 Å². The maximum Gasteiger partial charge on any atom is 0.195 e. The van der Waals surface area contributed by atoms with Crippen LogP contribution in [0.25, 0.3) is 10.9 Å². The van der Waals surface area contributed by atoms with Gasteiger partial charge in [-0.25, -0.2) is 0 Å². The number of H-pyrrole nitrogens is 1. The Morgan fingerprint density at radius 3 is 3.08 bits per heavy atom. The number of nitrogens with zero attached hydrogens (tertiary/aromatic N) is 1. The number of rotatable bonds is 0. The molecular formula is C8H6N2O2. The highest BCUT2D eigenvalue weighted by molar-refractivity contribution is 5.75. The quantitative estimate of drug-likeness (QED) is 0.443. The van der Waals surface area contributed by atoms with Gasteiger partial charge in [-0.15, -0.1) is 0 Å². The van der Waals surface area contributed by atoms with Gasteiger partial charge in [0.2, 0.25) is 0 Å². The van der Waals surface area contributed by atoms with E-state index in [0.717, 1.165) is 0 Å². The first-order chi connectivity index (χ1) is 5.77. The van der Waals surface area contributed by atoms with Gasteiger partial charge in [0, 0.05) is 18.3 Å². The lowest BCUT2D eigenvalue weighted by atomic mass is 10.3. The van der Waals surface area contributed by atoms with Crippen LogP contribution in [0.3, 0.4) is 0 Å². The number of hydrogen-bond acceptors (Lipinski definition) is 2. The molecule has 0 aliphatic carbocycles. The highest BCUT2D eigenvalue weighted by atomic mass is 16.5. The van der Waals surface area contributed by atoms with Gasteiger partial charge in [0.1, 0.15) is 5.39 Å². The summed E-state index contributed by atoms with van der Waals surface area (Å²) in [5.74, 6) is 0. The fourth-order valence-electron chi connectivity index (χ4n) is 1.10. The summed E-state index contributed by atoms with van der Waals surface area (Å²) in [5.41, 5.74) is 0.531. The average molecular weight is 162 g/mol. The molecule has 1 N–H and O–H groups in total. The van der Waals surface area contributed by atoms with Crippen molar-refractivity contribution in [2.45, 2.75) is 0 Å². The lowest BCUT2D eigenvalue weighted by Crippen LogP contribution is -2.25. The minimum absolute atomic E-state index is 0.144. The van der Waals surface area contributed by atoms with Crippen molar-refractivity contribution in [1.82, 2.24) is 4.98 Å². The van der Waals surface area contributed by atoms with Crippen LogP contribution in [0.2, 0.25) is 0 Å². The Kier molecular flexibility index (Phi) is 1.33. The van der Waals surface area contributed by atoms with Gasteiger partial charge in [-0.3, -0.25) is 4.79 Å². The van der Waals surface area contributed by atoms with Crippen molar-refractivity contribution in [1.29, 1.82) is 0 Å². The standard InChI is InChI=1S/C8H6N2O2/c11-8-1-3-9-7-2-4-10(12)5-6(7)8/h1-5H,(H,9,11). The van der Waals surface area contributed by atoms with Gasteiger partial charge in [-0.1, -0.05) is 0 Å². The van der Waals surface area contributed by atoms with Crippen LogP contribution in [0.4, 0.5) is 0 Å².